The van der Waals surface area contributed by atoms with E-state index in [9.17, 15) is 9.59 Å². The molecule has 0 saturated carbocycles. The molecule has 3 amide bonds. The molecule has 0 fully saturated rings. The molecular formula is C22H25ClN4O2. The van der Waals surface area contributed by atoms with Crippen LogP contribution in [0.3, 0.4) is 0 Å². The van der Waals surface area contributed by atoms with Gasteiger partial charge in [0.15, 0.2) is 0 Å². The SMILES string of the molecule is NC(=O)NCCCCC(=O)NCC(c1ccccc1Cl)c1c[nH]c2ccccc12. The van der Waals surface area contributed by atoms with Crippen LogP contribution in [0.25, 0.3) is 10.9 Å². The van der Waals surface area contributed by atoms with Gasteiger partial charge in [-0.3, -0.25) is 4.79 Å². The van der Waals surface area contributed by atoms with Crippen LogP contribution in [0.1, 0.15) is 36.3 Å². The van der Waals surface area contributed by atoms with Crippen LogP contribution in [-0.2, 0) is 4.79 Å². The van der Waals surface area contributed by atoms with Crippen LogP contribution in [0.5, 0.6) is 0 Å². The number of unbranched alkanes of at least 4 members (excludes halogenated alkanes) is 1. The van der Waals surface area contributed by atoms with Crippen molar-refractivity contribution in [3.05, 3.63) is 70.9 Å². The molecule has 2 aromatic carbocycles. The first kappa shape index (κ1) is 20.7. The number of nitrogens with two attached hydrogens (primary N) is 1. The maximum absolute atomic E-state index is 12.3. The number of hydrogen-bond donors (Lipinski definition) is 4. The number of fused-ring (bicyclic) bond motifs is 1. The minimum atomic E-state index is -0.546. The molecule has 3 rings (SSSR count). The number of H-pyrrole nitrogens is 1. The van der Waals surface area contributed by atoms with Gasteiger partial charge in [0.05, 0.1) is 0 Å². The molecule has 0 aliphatic heterocycles. The van der Waals surface area contributed by atoms with Gasteiger partial charge in [0.25, 0.3) is 0 Å². The second-order valence-electron chi connectivity index (χ2n) is 6.92. The van der Waals surface area contributed by atoms with Crippen molar-refractivity contribution in [1.82, 2.24) is 15.6 Å². The van der Waals surface area contributed by atoms with Gasteiger partial charge in [-0.1, -0.05) is 48.0 Å². The highest BCUT2D eigenvalue weighted by Crippen LogP contribution is 2.34. The number of amides is 3. The van der Waals surface area contributed by atoms with Gasteiger partial charge >= 0.3 is 6.03 Å². The van der Waals surface area contributed by atoms with Crippen molar-refractivity contribution in [2.45, 2.75) is 25.2 Å². The summed E-state index contributed by atoms with van der Waals surface area (Å²) in [5, 5.41) is 7.35. The average Bonchev–Trinajstić information content (AvgIpc) is 3.13. The first-order chi connectivity index (χ1) is 14.1. The van der Waals surface area contributed by atoms with E-state index >= 15 is 0 Å². The van der Waals surface area contributed by atoms with E-state index < -0.39 is 6.03 Å². The lowest BCUT2D eigenvalue weighted by Crippen LogP contribution is -2.31. The zero-order valence-corrected chi connectivity index (χ0v) is 16.8. The molecule has 152 valence electrons. The number of carbonyl (C=O) groups is 2. The number of nitrogens with one attached hydrogen (secondary N) is 3. The third-order valence-electron chi connectivity index (χ3n) is 4.91. The molecular weight excluding hydrogens is 388 g/mol. The van der Waals surface area contributed by atoms with E-state index in [4.69, 9.17) is 17.3 Å². The number of para-hydroxylation sites is 1. The van der Waals surface area contributed by atoms with E-state index in [0.717, 1.165) is 22.0 Å². The molecule has 0 saturated heterocycles. The zero-order valence-electron chi connectivity index (χ0n) is 16.1. The van der Waals surface area contributed by atoms with Gasteiger partial charge in [-0.25, -0.2) is 4.79 Å². The second kappa shape index (κ2) is 9.98. The number of halogens is 1. The highest BCUT2D eigenvalue weighted by atomic mass is 35.5. The van der Waals surface area contributed by atoms with Crippen molar-refractivity contribution in [3.63, 3.8) is 0 Å². The molecule has 3 aromatic rings. The Bertz CT molecular complexity index is 986. The Hall–Kier alpha value is -2.99. The fourth-order valence-electron chi connectivity index (χ4n) is 3.45. The number of primary amides is 1. The highest BCUT2D eigenvalue weighted by molar-refractivity contribution is 6.31. The fraction of sp³-hybridized carbons (Fsp3) is 0.273. The Morgan fingerprint density at radius 2 is 1.76 bits per heavy atom. The summed E-state index contributed by atoms with van der Waals surface area (Å²) in [6.45, 7) is 0.921. The Morgan fingerprint density at radius 3 is 2.55 bits per heavy atom. The molecule has 0 radical (unpaired) electrons. The van der Waals surface area contributed by atoms with Gasteiger partial charge in [-0.05, 0) is 36.1 Å². The first-order valence-corrected chi connectivity index (χ1v) is 10.0. The van der Waals surface area contributed by atoms with Crippen LogP contribution in [0, 0.1) is 0 Å². The summed E-state index contributed by atoms with van der Waals surface area (Å²) < 4.78 is 0. The number of benzene rings is 2. The fourth-order valence-corrected chi connectivity index (χ4v) is 3.72. The summed E-state index contributed by atoms with van der Waals surface area (Å²) in [5.41, 5.74) is 8.15. The molecule has 1 unspecified atom stereocenters. The molecule has 6 nitrogen and oxygen atoms in total. The standard InChI is InChI=1S/C22H25ClN4O2/c23-19-9-3-1-7-15(19)17(18-13-26-20-10-4-2-8-16(18)20)14-27-21(28)11-5-6-12-25-22(24)29/h1-4,7-10,13,17,26H,5-6,11-12,14H2,(H,27,28)(H3,24,25,29). The van der Waals surface area contributed by atoms with Crippen molar-refractivity contribution in [3.8, 4) is 0 Å². The summed E-state index contributed by atoms with van der Waals surface area (Å²) in [7, 11) is 0. The minimum absolute atomic E-state index is 0.0269. The lowest BCUT2D eigenvalue weighted by atomic mass is 9.90. The van der Waals surface area contributed by atoms with Crippen molar-refractivity contribution in [2.75, 3.05) is 13.1 Å². The highest BCUT2D eigenvalue weighted by Gasteiger charge is 2.21. The van der Waals surface area contributed by atoms with E-state index in [-0.39, 0.29) is 11.8 Å². The van der Waals surface area contributed by atoms with Gasteiger partial charge in [-0.15, -0.1) is 0 Å². The second-order valence-corrected chi connectivity index (χ2v) is 7.32. The van der Waals surface area contributed by atoms with Gasteiger partial charge in [0.1, 0.15) is 0 Å². The molecule has 0 bridgehead atoms. The van der Waals surface area contributed by atoms with E-state index in [1.54, 1.807) is 0 Å². The normalized spacial score (nSPS) is 11.9. The van der Waals surface area contributed by atoms with Gasteiger partial charge in [0.2, 0.25) is 5.91 Å². The lowest BCUT2D eigenvalue weighted by Gasteiger charge is -2.19. The van der Waals surface area contributed by atoms with Crippen LogP contribution in [-0.4, -0.2) is 30.0 Å². The average molecular weight is 413 g/mol. The van der Waals surface area contributed by atoms with Crippen LogP contribution in [0.4, 0.5) is 4.79 Å². The van der Waals surface area contributed by atoms with Crippen molar-refractivity contribution in [2.24, 2.45) is 5.73 Å². The molecule has 5 N–H and O–H groups in total. The summed E-state index contributed by atoms with van der Waals surface area (Å²) >= 11 is 6.48. The van der Waals surface area contributed by atoms with Gasteiger partial charge in [0, 0.05) is 47.6 Å². The Balaban J connectivity index is 1.69. The molecule has 29 heavy (non-hydrogen) atoms. The third-order valence-corrected chi connectivity index (χ3v) is 5.25. The molecule has 7 heteroatoms. The van der Waals surface area contributed by atoms with Gasteiger partial charge < -0.3 is 21.4 Å². The lowest BCUT2D eigenvalue weighted by molar-refractivity contribution is -0.121. The number of aromatic nitrogens is 1. The Labute approximate surface area is 174 Å². The summed E-state index contributed by atoms with van der Waals surface area (Å²) in [6.07, 6.45) is 3.76. The molecule has 1 atom stereocenters. The van der Waals surface area contributed by atoms with E-state index in [1.165, 1.54) is 0 Å². The molecule has 0 aliphatic rings. The molecule has 0 spiro atoms. The summed E-state index contributed by atoms with van der Waals surface area (Å²) in [6, 6.07) is 15.3. The van der Waals surface area contributed by atoms with Crippen LogP contribution >= 0.6 is 11.6 Å². The predicted octanol–water partition coefficient (Wildman–Crippen LogP) is 3.91. The quantitative estimate of drug-likeness (QED) is 0.400. The maximum atomic E-state index is 12.3. The van der Waals surface area contributed by atoms with E-state index in [2.05, 4.69) is 21.7 Å². The number of hydrogen-bond acceptors (Lipinski definition) is 2. The largest absolute Gasteiger partial charge is 0.361 e. The predicted molar refractivity (Wildman–Crippen MR) is 116 cm³/mol. The molecule has 1 heterocycles. The summed E-state index contributed by atoms with van der Waals surface area (Å²) in [5.74, 6) is -0.0960. The topological polar surface area (TPSA) is 100 Å². The summed E-state index contributed by atoms with van der Waals surface area (Å²) in [4.78, 5) is 26.3. The van der Waals surface area contributed by atoms with Crippen molar-refractivity contribution < 1.29 is 9.59 Å². The Kier molecular flexibility index (Phi) is 7.14. The number of aromatic amines is 1. The monoisotopic (exact) mass is 412 g/mol. The Morgan fingerprint density at radius 1 is 1.00 bits per heavy atom. The van der Waals surface area contributed by atoms with Crippen LogP contribution in [0.15, 0.2) is 54.7 Å². The van der Waals surface area contributed by atoms with Crippen molar-refractivity contribution in [1.29, 1.82) is 0 Å². The number of rotatable bonds is 9. The van der Waals surface area contributed by atoms with Crippen LogP contribution in [0.2, 0.25) is 5.02 Å². The first-order valence-electron chi connectivity index (χ1n) is 9.66. The van der Waals surface area contributed by atoms with E-state index in [1.807, 2.05) is 48.7 Å². The van der Waals surface area contributed by atoms with Crippen molar-refractivity contribution >= 4 is 34.4 Å². The minimum Gasteiger partial charge on any atom is -0.361 e. The molecule has 0 aliphatic carbocycles. The number of urea groups is 1. The zero-order chi connectivity index (χ0) is 20.6. The molecule has 1 aromatic heterocycles. The van der Waals surface area contributed by atoms with Gasteiger partial charge in [-0.2, -0.15) is 0 Å². The third kappa shape index (κ3) is 5.51. The number of carbonyl (C=O) groups excluding carboxylic acids is 2. The maximum Gasteiger partial charge on any atom is 0.312 e. The van der Waals surface area contributed by atoms with Crippen LogP contribution < -0.4 is 16.4 Å². The van der Waals surface area contributed by atoms with E-state index in [0.29, 0.717) is 37.4 Å². The smallest absolute Gasteiger partial charge is 0.312 e.